The average molecular weight is 322 g/mol. The first kappa shape index (κ1) is 14.8. The second kappa shape index (κ2) is 5.68. The van der Waals surface area contributed by atoms with Crippen LogP contribution in [0.3, 0.4) is 0 Å². The zero-order chi connectivity index (χ0) is 16.7. The Balaban J connectivity index is 1.63. The summed E-state index contributed by atoms with van der Waals surface area (Å²) in [6.45, 7) is 5.48. The molecule has 7 nitrogen and oxygen atoms in total. The van der Waals surface area contributed by atoms with Crippen LogP contribution in [0.1, 0.15) is 33.0 Å². The number of aromatic amines is 1. The maximum Gasteiger partial charge on any atom is 0.256 e. The van der Waals surface area contributed by atoms with Gasteiger partial charge in [-0.05, 0) is 45.0 Å². The second-order valence-electron chi connectivity index (χ2n) is 6.01. The molecule has 0 aliphatic carbocycles. The predicted octanol–water partition coefficient (Wildman–Crippen LogP) is 1.87. The van der Waals surface area contributed by atoms with Gasteiger partial charge in [-0.25, -0.2) is 9.97 Å². The number of H-pyrrole nitrogens is 1. The van der Waals surface area contributed by atoms with Gasteiger partial charge in [-0.1, -0.05) is 0 Å². The molecule has 0 spiro atoms. The van der Waals surface area contributed by atoms with E-state index >= 15 is 0 Å². The van der Waals surface area contributed by atoms with E-state index in [1.54, 1.807) is 12.1 Å². The van der Waals surface area contributed by atoms with E-state index in [1.807, 2.05) is 19.9 Å². The van der Waals surface area contributed by atoms with Crippen molar-refractivity contribution in [2.45, 2.75) is 26.8 Å². The van der Waals surface area contributed by atoms with Crippen LogP contribution in [0.25, 0.3) is 11.0 Å². The number of benzene rings is 1. The average Bonchev–Trinajstić information content (AvgIpc) is 2.99. The Morgan fingerprint density at radius 1 is 1.17 bits per heavy atom. The Morgan fingerprint density at radius 2 is 1.96 bits per heavy atom. The quantitative estimate of drug-likeness (QED) is 0.669. The van der Waals surface area contributed by atoms with Gasteiger partial charge in [0.25, 0.3) is 5.91 Å². The molecule has 4 rings (SSSR count). The number of carbonyl (C=O) groups excluding carboxylic acids is 1. The van der Waals surface area contributed by atoms with Gasteiger partial charge in [-0.15, -0.1) is 0 Å². The summed E-state index contributed by atoms with van der Waals surface area (Å²) in [6.07, 6.45) is 0.850. The number of nitrogens with one attached hydrogen (secondary N) is 3. The van der Waals surface area contributed by atoms with Gasteiger partial charge >= 0.3 is 0 Å². The number of rotatable bonds is 2. The molecule has 1 aromatic carbocycles. The van der Waals surface area contributed by atoms with Gasteiger partial charge in [0.2, 0.25) is 0 Å². The third-order valence-corrected chi connectivity index (χ3v) is 4.38. The molecule has 3 aromatic rings. The Bertz CT molecular complexity index is 946. The molecule has 0 saturated heterocycles. The minimum absolute atomic E-state index is 0.190. The first-order valence-corrected chi connectivity index (χ1v) is 7.95. The lowest BCUT2D eigenvalue weighted by Gasteiger charge is -2.13. The fraction of sp³-hybridized carbons (Fsp3) is 0.294. The Hall–Kier alpha value is -2.80. The van der Waals surface area contributed by atoms with Gasteiger partial charge in [0.05, 0.1) is 28.1 Å². The molecule has 122 valence electrons. The maximum atomic E-state index is 12.6. The van der Waals surface area contributed by atoms with Crippen molar-refractivity contribution in [3.63, 3.8) is 0 Å². The van der Waals surface area contributed by atoms with Crippen molar-refractivity contribution >= 4 is 22.8 Å². The topological polar surface area (TPSA) is 95.6 Å². The second-order valence-corrected chi connectivity index (χ2v) is 6.01. The molecule has 0 bridgehead atoms. The molecule has 2 aromatic heterocycles. The van der Waals surface area contributed by atoms with Gasteiger partial charge < -0.3 is 10.6 Å². The third kappa shape index (κ3) is 2.52. The molecule has 0 atom stereocenters. The van der Waals surface area contributed by atoms with E-state index in [0.29, 0.717) is 11.4 Å². The summed E-state index contributed by atoms with van der Waals surface area (Å²) in [5, 5.41) is 13.4. The summed E-state index contributed by atoms with van der Waals surface area (Å²) in [4.78, 5) is 21.6. The first-order chi connectivity index (χ1) is 11.6. The number of carbonyl (C=O) groups is 1. The van der Waals surface area contributed by atoms with E-state index in [-0.39, 0.29) is 5.91 Å². The van der Waals surface area contributed by atoms with Crippen molar-refractivity contribution in [2.75, 3.05) is 11.9 Å². The van der Waals surface area contributed by atoms with Crippen molar-refractivity contribution in [1.29, 1.82) is 0 Å². The van der Waals surface area contributed by atoms with Gasteiger partial charge in [-0.3, -0.25) is 9.89 Å². The van der Waals surface area contributed by atoms with Crippen LogP contribution in [0.5, 0.6) is 0 Å². The van der Waals surface area contributed by atoms with E-state index < -0.39 is 0 Å². The molecular formula is C17H18N6O. The van der Waals surface area contributed by atoms with Crippen molar-refractivity contribution < 1.29 is 4.79 Å². The smallest absolute Gasteiger partial charge is 0.256 e. The molecule has 24 heavy (non-hydrogen) atoms. The molecule has 0 fully saturated rings. The van der Waals surface area contributed by atoms with Crippen molar-refractivity contribution in [2.24, 2.45) is 0 Å². The van der Waals surface area contributed by atoms with Crippen molar-refractivity contribution in [3.8, 4) is 0 Å². The number of aryl methyl sites for hydroxylation is 2. The summed E-state index contributed by atoms with van der Waals surface area (Å²) >= 11 is 0. The van der Waals surface area contributed by atoms with Crippen LogP contribution in [-0.4, -0.2) is 32.6 Å². The monoisotopic (exact) mass is 322 g/mol. The Morgan fingerprint density at radius 3 is 2.79 bits per heavy atom. The molecule has 0 saturated carbocycles. The van der Waals surface area contributed by atoms with Crippen LogP contribution < -0.4 is 10.6 Å². The number of amides is 1. The van der Waals surface area contributed by atoms with Crippen LogP contribution in [0, 0.1) is 13.8 Å². The van der Waals surface area contributed by atoms with Crippen molar-refractivity contribution in [3.05, 3.63) is 46.4 Å². The van der Waals surface area contributed by atoms with E-state index in [0.717, 1.165) is 53.2 Å². The molecule has 0 unspecified atom stereocenters. The summed E-state index contributed by atoms with van der Waals surface area (Å²) in [7, 11) is 0. The summed E-state index contributed by atoms with van der Waals surface area (Å²) < 4.78 is 0. The summed E-state index contributed by atoms with van der Waals surface area (Å²) in [6, 6.07) is 5.36. The molecular weight excluding hydrogens is 304 g/mol. The summed E-state index contributed by atoms with van der Waals surface area (Å²) in [5.74, 6) is 0.424. The lowest BCUT2D eigenvalue weighted by atomic mass is 10.1. The van der Waals surface area contributed by atoms with Crippen LogP contribution in [-0.2, 0) is 13.0 Å². The minimum atomic E-state index is -0.190. The highest BCUT2D eigenvalue weighted by Gasteiger charge is 2.18. The Labute approximate surface area is 138 Å². The number of nitrogens with zero attached hydrogens (tertiary/aromatic N) is 3. The molecule has 1 aliphatic rings. The van der Waals surface area contributed by atoms with E-state index in [2.05, 4.69) is 30.8 Å². The Kier molecular flexibility index (Phi) is 3.50. The molecule has 3 N–H and O–H groups in total. The van der Waals surface area contributed by atoms with Crippen molar-refractivity contribution in [1.82, 2.24) is 25.5 Å². The van der Waals surface area contributed by atoms with Crippen LogP contribution in [0.2, 0.25) is 0 Å². The SMILES string of the molecule is Cc1nc2ccc(C(=O)Nc3n[nH]c4c3CCNC4)cc2nc1C. The number of anilines is 1. The maximum absolute atomic E-state index is 12.6. The zero-order valence-corrected chi connectivity index (χ0v) is 13.6. The van der Waals surface area contributed by atoms with Gasteiger partial charge in [-0.2, -0.15) is 5.10 Å². The molecule has 7 heteroatoms. The lowest BCUT2D eigenvalue weighted by Crippen LogP contribution is -2.24. The normalized spacial score (nSPS) is 13.8. The van der Waals surface area contributed by atoms with Gasteiger partial charge in [0.1, 0.15) is 0 Å². The van der Waals surface area contributed by atoms with Gasteiger partial charge in [0.15, 0.2) is 5.82 Å². The highest BCUT2D eigenvalue weighted by molar-refractivity contribution is 6.05. The largest absolute Gasteiger partial charge is 0.311 e. The minimum Gasteiger partial charge on any atom is -0.311 e. The van der Waals surface area contributed by atoms with Crippen LogP contribution >= 0.6 is 0 Å². The number of hydrogen-bond acceptors (Lipinski definition) is 5. The zero-order valence-electron chi connectivity index (χ0n) is 13.6. The molecule has 1 aliphatic heterocycles. The summed E-state index contributed by atoms with van der Waals surface area (Å²) in [5.41, 5.74) is 5.94. The fourth-order valence-corrected chi connectivity index (χ4v) is 2.90. The standard InChI is InChI=1S/C17H18N6O/c1-9-10(2)20-14-7-11(3-4-13(14)19-9)17(24)21-16-12-5-6-18-8-15(12)22-23-16/h3-4,7,18H,5-6,8H2,1-2H3,(H2,21,22,23,24). The predicted molar refractivity (Wildman–Crippen MR) is 91.0 cm³/mol. The van der Waals surface area contributed by atoms with E-state index in [9.17, 15) is 4.79 Å². The number of aromatic nitrogens is 4. The number of hydrogen-bond donors (Lipinski definition) is 3. The highest BCUT2D eigenvalue weighted by atomic mass is 16.1. The number of fused-ring (bicyclic) bond motifs is 2. The highest BCUT2D eigenvalue weighted by Crippen LogP contribution is 2.21. The third-order valence-electron chi connectivity index (χ3n) is 4.38. The molecule has 0 radical (unpaired) electrons. The van der Waals surface area contributed by atoms with E-state index in [1.165, 1.54) is 0 Å². The van der Waals surface area contributed by atoms with Gasteiger partial charge in [0, 0.05) is 17.7 Å². The van der Waals surface area contributed by atoms with Crippen LogP contribution in [0.15, 0.2) is 18.2 Å². The lowest BCUT2D eigenvalue weighted by molar-refractivity contribution is 0.102. The van der Waals surface area contributed by atoms with Crippen LogP contribution in [0.4, 0.5) is 5.82 Å². The molecule has 1 amide bonds. The fourth-order valence-electron chi connectivity index (χ4n) is 2.90. The van der Waals surface area contributed by atoms with E-state index in [4.69, 9.17) is 0 Å². The molecule has 3 heterocycles. The first-order valence-electron chi connectivity index (χ1n) is 7.95.